The molecular weight excluding hydrogens is 364 g/mol. The Morgan fingerprint density at radius 3 is 2.52 bits per heavy atom. The lowest BCUT2D eigenvalue weighted by molar-refractivity contribution is 0.0626. The van der Waals surface area contributed by atoms with Crippen molar-refractivity contribution in [3.8, 4) is 5.75 Å². The highest BCUT2D eigenvalue weighted by atomic mass is 16.5. The Hall–Kier alpha value is -2.96. The van der Waals surface area contributed by atoms with E-state index >= 15 is 0 Å². The SMILES string of the molecule is OC1(CNCc2ccc(OCc3ccccn3)cc2)CCN(c2ccccn2)C1. The minimum Gasteiger partial charge on any atom is -0.487 e. The fourth-order valence-corrected chi connectivity index (χ4v) is 3.52. The maximum absolute atomic E-state index is 10.9. The average molecular weight is 390 g/mol. The number of nitrogens with one attached hydrogen (secondary N) is 1. The van der Waals surface area contributed by atoms with Crippen molar-refractivity contribution in [1.29, 1.82) is 0 Å². The van der Waals surface area contributed by atoms with Crippen LogP contribution < -0.4 is 15.0 Å². The first-order chi connectivity index (χ1) is 14.2. The molecule has 6 nitrogen and oxygen atoms in total. The van der Waals surface area contributed by atoms with Gasteiger partial charge in [-0.05, 0) is 48.4 Å². The number of ether oxygens (including phenoxy) is 1. The van der Waals surface area contributed by atoms with Gasteiger partial charge in [0, 0.05) is 38.6 Å². The number of benzene rings is 1. The van der Waals surface area contributed by atoms with Gasteiger partial charge in [0.1, 0.15) is 18.2 Å². The standard InChI is InChI=1S/C23H26N4O2/c28-23(11-14-27(18-23)22-6-2-4-13-26-22)17-24-15-19-7-9-21(10-8-19)29-16-20-5-1-3-12-25-20/h1-10,12-13,24,28H,11,14-18H2. The van der Waals surface area contributed by atoms with E-state index in [0.29, 0.717) is 26.2 Å². The Bertz CT molecular complexity index is 890. The molecule has 0 amide bonds. The van der Waals surface area contributed by atoms with Crippen LogP contribution in [0.4, 0.5) is 5.82 Å². The molecule has 3 aromatic rings. The Morgan fingerprint density at radius 2 is 1.79 bits per heavy atom. The summed E-state index contributed by atoms with van der Waals surface area (Å²) in [6.45, 7) is 3.12. The zero-order chi connectivity index (χ0) is 19.9. The van der Waals surface area contributed by atoms with E-state index in [1.807, 2.05) is 60.7 Å². The Morgan fingerprint density at radius 1 is 1.00 bits per heavy atom. The van der Waals surface area contributed by atoms with E-state index in [9.17, 15) is 5.11 Å². The summed E-state index contributed by atoms with van der Waals surface area (Å²) in [6, 6.07) is 19.7. The highest BCUT2D eigenvalue weighted by Crippen LogP contribution is 2.25. The van der Waals surface area contributed by atoms with Crippen LogP contribution in [0.25, 0.3) is 0 Å². The van der Waals surface area contributed by atoms with Crippen LogP contribution in [0.3, 0.4) is 0 Å². The quantitative estimate of drug-likeness (QED) is 0.616. The summed E-state index contributed by atoms with van der Waals surface area (Å²) in [6.07, 6.45) is 4.28. The smallest absolute Gasteiger partial charge is 0.130 e. The molecule has 150 valence electrons. The second-order valence-corrected chi connectivity index (χ2v) is 7.44. The molecule has 1 aliphatic heterocycles. The molecule has 1 aliphatic rings. The molecule has 0 radical (unpaired) electrons. The number of rotatable bonds is 8. The van der Waals surface area contributed by atoms with Gasteiger partial charge in [0.25, 0.3) is 0 Å². The lowest BCUT2D eigenvalue weighted by atomic mass is 10.0. The van der Waals surface area contributed by atoms with E-state index in [0.717, 1.165) is 35.8 Å². The van der Waals surface area contributed by atoms with Crippen LogP contribution in [0.5, 0.6) is 5.75 Å². The number of β-amino-alcohol motifs (C(OH)–C–C–N with tert-alkyl or cyclic N) is 1. The summed E-state index contributed by atoms with van der Waals surface area (Å²) in [7, 11) is 0. The van der Waals surface area contributed by atoms with Crippen LogP contribution in [0, 0.1) is 0 Å². The Labute approximate surface area is 171 Å². The van der Waals surface area contributed by atoms with Gasteiger partial charge >= 0.3 is 0 Å². The summed E-state index contributed by atoms with van der Waals surface area (Å²) in [5.41, 5.74) is 1.32. The van der Waals surface area contributed by atoms with Gasteiger partial charge in [0.2, 0.25) is 0 Å². The van der Waals surface area contributed by atoms with E-state index < -0.39 is 5.60 Å². The van der Waals surface area contributed by atoms with Crippen LogP contribution in [0.1, 0.15) is 17.7 Å². The molecule has 2 N–H and O–H groups in total. The predicted octanol–water partition coefficient (Wildman–Crippen LogP) is 2.79. The molecule has 2 aromatic heterocycles. The van der Waals surface area contributed by atoms with Gasteiger partial charge in [0.05, 0.1) is 11.3 Å². The van der Waals surface area contributed by atoms with Gasteiger partial charge < -0.3 is 20.1 Å². The molecule has 29 heavy (non-hydrogen) atoms. The number of aliphatic hydroxyl groups is 1. The molecular formula is C23H26N4O2. The molecule has 1 fully saturated rings. The lowest BCUT2D eigenvalue weighted by Crippen LogP contribution is -2.43. The van der Waals surface area contributed by atoms with Gasteiger partial charge in [-0.15, -0.1) is 0 Å². The van der Waals surface area contributed by atoms with Crippen LogP contribution in [0.15, 0.2) is 73.1 Å². The van der Waals surface area contributed by atoms with E-state index in [2.05, 4.69) is 20.2 Å². The molecule has 1 aromatic carbocycles. The first-order valence-corrected chi connectivity index (χ1v) is 9.91. The molecule has 4 rings (SSSR count). The van der Waals surface area contributed by atoms with Gasteiger partial charge in [-0.25, -0.2) is 4.98 Å². The lowest BCUT2D eigenvalue weighted by Gasteiger charge is -2.24. The van der Waals surface area contributed by atoms with Crippen molar-refractivity contribution in [3.05, 3.63) is 84.3 Å². The molecule has 3 heterocycles. The first kappa shape index (κ1) is 19.4. The van der Waals surface area contributed by atoms with E-state index in [4.69, 9.17) is 4.74 Å². The van der Waals surface area contributed by atoms with Crippen LogP contribution in [-0.4, -0.2) is 40.3 Å². The minimum atomic E-state index is -0.733. The predicted molar refractivity (Wildman–Crippen MR) is 113 cm³/mol. The maximum atomic E-state index is 10.9. The summed E-state index contributed by atoms with van der Waals surface area (Å²) >= 11 is 0. The van der Waals surface area contributed by atoms with Gasteiger partial charge in [0.15, 0.2) is 0 Å². The van der Waals surface area contributed by atoms with Crippen molar-refractivity contribution in [1.82, 2.24) is 15.3 Å². The number of nitrogens with zero attached hydrogens (tertiary/aromatic N) is 3. The monoisotopic (exact) mass is 390 g/mol. The Kier molecular flexibility index (Phi) is 6.03. The minimum absolute atomic E-state index is 0.457. The Balaban J connectivity index is 1.22. The van der Waals surface area contributed by atoms with Crippen molar-refractivity contribution in [3.63, 3.8) is 0 Å². The average Bonchev–Trinajstić information content (AvgIpc) is 3.17. The normalized spacial score (nSPS) is 18.7. The van der Waals surface area contributed by atoms with Crippen molar-refractivity contribution >= 4 is 5.82 Å². The van der Waals surface area contributed by atoms with Gasteiger partial charge in [-0.2, -0.15) is 0 Å². The summed E-state index contributed by atoms with van der Waals surface area (Å²) in [5.74, 6) is 1.74. The molecule has 6 heteroatoms. The van der Waals surface area contributed by atoms with Crippen LogP contribution in [0.2, 0.25) is 0 Å². The second kappa shape index (κ2) is 9.03. The zero-order valence-corrected chi connectivity index (χ0v) is 16.4. The van der Waals surface area contributed by atoms with E-state index in [1.54, 1.807) is 12.4 Å². The molecule has 0 aliphatic carbocycles. The van der Waals surface area contributed by atoms with Crippen molar-refractivity contribution in [2.75, 3.05) is 24.5 Å². The zero-order valence-electron chi connectivity index (χ0n) is 16.4. The maximum Gasteiger partial charge on any atom is 0.130 e. The largest absolute Gasteiger partial charge is 0.487 e. The topological polar surface area (TPSA) is 70.5 Å². The highest BCUT2D eigenvalue weighted by molar-refractivity contribution is 5.40. The van der Waals surface area contributed by atoms with E-state index in [-0.39, 0.29) is 0 Å². The fraction of sp³-hybridized carbons (Fsp3) is 0.304. The number of hydrogen-bond donors (Lipinski definition) is 2. The molecule has 1 atom stereocenters. The van der Waals surface area contributed by atoms with Crippen LogP contribution in [-0.2, 0) is 13.2 Å². The van der Waals surface area contributed by atoms with E-state index in [1.165, 1.54) is 0 Å². The summed E-state index contributed by atoms with van der Waals surface area (Å²) in [4.78, 5) is 10.8. The first-order valence-electron chi connectivity index (χ1n) is 9.91. The third kappa shape index (κ3) is 5.31. The summed E-state index contributed by atoms with van der Waals surface area (Å²) in [5, 5.41) is 14.3. The molecule has 0 bridgehead atoms. The molecule has 0 spiro atoms. The third-order valence-electron chi connectivity index (χ3n) is 5.12. The summed E-state index contributed by atoms with van der Waals surface area (Å²) < 4.78 is 5.77. The van der Waals surface area contributed by atoms with Crippen molar-refractivity contribution in [2.45, 2.75) is 25.2 Å². The van der Waals surface area contributed by atoms with Crippen LogP contribution >= 0.6 is 0 Å². The van der Waals surface area contributed by atoms with Gasteiger partial charge in [-0.3, -0.25) is 4.98 Å². The third-order valence-corrected chi connectivity index (χ3v) is 5.12. The highest BCUT2D eigenvalue weighted by Gasteiger charge is 2.36. The molecule has 1 saturated heterocycles. The molecule has 0 saturated carbocycles. The van der Waals surface area contributed by atoms with Crippen molar-refractivity contribution < 1.29 is 9.84 Å². The number of hydrogen-bond acceptors (Lipinski definition) is 6. The number of anilines is 1. The fourth-order valence-electron chi connectivity index (χ4n) is 3.52. The second-order valence-electron chi connectivity index (χ2n) is 7.44. The number of pyridine rings is 2. The van der Waals surface area contributed by atoms with Crippen molar-refractivity contribution in [2.24, 2.45) is 0 Å². The van der Waals surface area contributed by atoms with Gasteiger partial charge in [-0.1, -0.05) is 24.3 Å². The number of aromatic nitrogens is 2. The molecule has 1 unspecified atom stereocenters.